The molecular formula is C73H87N13O17. The van der Waals surface area contributed by atoms with E-state index in [1.165, 1.54) is 37.4 Å². The quantitative estimate of drug-likeness (QED) is 0.00412. The fourth-order valence-corrected chi connectivity index (χ4v) is 11.4. The Morgan fingerprint density at radius 3 is 2.17 bits per heavy atom. The topological polar surface area (TPSA) is 388 Å². The molecule has 9 rings (SSSR count). The number of aromatic carboxylic acids is 1. The maximum absolute atomic E-state index is 13.4. The average molecular weight is 1420 g/mol. The molecule has 103 heavy (non-hydrogen) atoms. The molecule has 2 amide bonds. The van der Waals surface area contributed by atoms with Crippen molar-refractivity contribution in [3.05, 3.63) is 159 Å². The van der Waals surface area contributed by atoms with Gasteiger partial charge in [0.15, 0.2) is 12.6 Å². The molecule has 1 aromatic heterocycles. The first kappa shape index (κ1) is 76.9. The van der Waals surface area contributed by atoms with Crippen LogP contribution in [0.15, 0.2) is 146 Å². The number of non-ortho nitro benzene ring substituents is 1. The molecule has 5 aromatic carbocycles. The lowest BCUT2D eigenvalue weighted by Gasteiger charge is -2.40. The third-order valence-corrected chi connectivity index (χ3v) is 17.3. The van der Waals surface area contributed by atoms with E-state index >= 15 is 0 Å². The number of ether oxygens (including phenoxy) is 5. The molecule has 2 aliphatic heterocycles. The van der Waals surface area contributed by atoms with Crippen molar-refractivity contribution in [1.29, 1.82) is 0 Å². The van der Waals surface area contributed by atoms with Gasteiger partial charge in [0.1, 0.15) is 72.8 Å². The van der Waals surface area contributed by atoms with E-state index in [1.807, 2.05) is 117 Å². The highest BCUT2D eigenvalue weighted by Crippen LogP contribution is 2.43. The summed E-state index contributed by atoms with van der Waals surface area (Å²) in [6.07, 6.45) is -3.35. The number of aliphatic hydroxyl groups is 4. The van der Waals surface area contributed by atoms with Crippen molar-refractivity contribution >= 4 is 74.3 Å². The second-order valence-corrected chi connectivity index (χ2v) is 25.2. The summed E-state index contributed by atoms with van der Waals surface area (Å²) in [6, 6.07) is 32.7. The van der Waals surface area contributed by atoms with Gasteiger partial charge < -0.3 is 78.9 Å². The maximum atomic E-state index is 13.4. The number of anilines is 2. The highest BCUT2D eigenvalue weighted by Gasteiger charge is 2.45. The van der Waals surface area contributed by atoms with E-state index in [-0.39, 0.29) is 74.1 Å². The number of carboxylic acid groups (broad SMARTS) is 1. The number of hydrogen-bond donors (Lipinski definition) is 6. The van der Waals surface area contributed by atoms with Gasteiger partial charge in [-0.05, 0) is 110 Å². The van der Waals surface area contributed by atoms with Crippen LogP contribution in [0.25, 0.3) is 33.4 Å². The summed E-state index contributed by atoms with van der Waals surface area (Å²) in [5.41, 5.74) is 7.46. The van der Waals surface area contributed by atoms with Crippen LogP contribution in [0.1, 0.15) is 89.8 Å². The molecule has 0 radical (unpaired) electrons. The van der Waals surface area contributed by atoms with Crippen molar-refractivity contribution < 1.29 is 77.7 Å². The number of hydrogen-bond acceptors (Lipinski definition) is 25. The number of nitro benzene ring substituents is 1. The summed E-state index contributed by atoms with van der Waals surface area (Å²) < 4.78 is 38.5. The smallest absolute Gasteiger partial charge is 0.269 e. The van der Waals surface area contributed by atoms with Gasteiger partial charge in [-0.2, -0.15) is 15.3 Å². The van der Waals surface area contributed by atoms with Crippen molar-refractivity contribution in [3.8, 4) is 28.2 Å². The number of carboxylic acids is 1. The Morgan fingerprint density at radius 2 is 1.47 bits per heavy atom. The average Bonchev–Trinajstić information content (AvgIpc) is 0.915. The molecular weight excluding hydrogens is 1330 g/mol. The van der Waals surface area contributed by atoms with Gasteiger partial charge in [-0.1, -0.05) is 30.5 Å². The zero-order valence-corrected chi connectivity index (χ0v) is 58.5. The molecule has 6 atom stereocenters. The number of Topliss-reactive ketones (excluding diaryl/α,β-unsaturated/α-hetero) is 1. The first-order chi connectivity index (χ1) is 49.6. The molecule has 1 saturated heterocycles. The van der Waals surface area contributed by atoms with E-state index in [9.17, 15) is 54.8 Å². The molecule has 3 aliphatic rings. The van der Waals surface area contributed by atoms with Crippen molar-refractivity contribution in [2.24, 2.45) is 20.5 Å². The summed E-state index contributed by atoms with van der Waals surface area (Å²) in [7, 11) is 11.1. The predicted octanol–water partition coefficient (Wildman–Crippen LogP) is 7.75. The number of amides is 2. The summed E-state index contributed by atoms with van der Waals surface area (Å²) >= 11 is 0. The molecule has 6 aromatic rings. The number of aryl methyl sites for hydroxylation is 1. The van der Waals surface area contributed by atoms with Gasteiger partial charge in [0.05, 0.1) is 93.3 Å². The van der Waals surface area contributed by atoms with Crippen LogP contribution >= 0.6 is 0 Å². The molecule has 30 nitrogen and oxygen atoms in total. The number of benzene rings is 6. The Bertz CT molecular complexity index is 4330. The first-order valence-electron chi connectivity index (χ1n) is 33.8. The summed E-state index contributed by atoms with van der Waals surface area (Å²) in [6.45, 7) is 2.76. The number of fused-ring (bicyclic) bond motifs is 2. The van der Waals surface area contributed by atoms with Crippen LogP contribution in [0.5, 0.6) is 5.75 Å². The number of unbranched alkanes of at least 4 members (excludes halogenated alkanes) is 4. The van der Waals surface area contributed by atoms with Gasteiger partial charge in [-0.15, -0.1) is 10.2 Å². The highest BCUT2D eigenvalue weighted by atomic mass is 16.8. The zero-order valence-electron chi connectivity index (χ0n) is 58.5. The Kier molecular flexibility index (Phi) is 27.6. The van der Waals surface area contributed by atoms with Gasteiger partial charge in [-0.3, -0.25) is 24.5 Å². The largest absolute Gasteiger partial charge is 0.545 e. The van der Waals surface area contributed by atoms with Crippen LogP contribution in [0.3, 0.4) is 0 Å². The van der Waals surface area contributed by atoms with Gasteiger partial charge in [0.25, 0.3) is 11.6 Å². The number of nitrogens with zero attached hydrogens (tertiary/aromatic N) is 11. The minimum atomic E-state index is -1.73. The van der Waals surface area contributed by atoms with Crippen LogP contribution in [0.2, 0.25) is 0 Å². The molecule has 6 N–H and O–H groups in total. The normalized spacial score (nSPS) is 16.3. The first-order valence-corrected chi connectivity index (χ1v) is 33.8. The van der Waals surface area contributed by atoms with Gasteiger partial charge in [-0.25, -0.2) is 9.26 Å². The Morgan fingerprint density at radius 1 is 0.757 bits per heavy atom. The fraction of sp³-hybridized carbons (Fsp3) is 0.411. The van der Waals surface area contributed by atoms with Crippen molar-refractivity contribution in [2.45, 2.75) is 115 Å². The van der Waals surface area contributed by atoms with E-state index in [0.717, 1.165) is 35.1 Å². The van der Waals surface area contributed by atoms with Crippen LogP contribution in [0, 0.1) is 17.0 Å². The molecule has 546 valence electrons. The number of ketones is 1. The number of nitro groups is 1. The van der Waals surface area contributed by atoms with Gasteiger partial charge >= 0.3 is 0 Å². The molecule has 30 heteroatoms. The minimum absolute atomic E-state index is 0.0462. The number of methoxy groups -OCH3 is 1. The number of azo groups is 2. The second kappa shape index (κ2) is 37.0. The number of carbonyl (C=O) groups is 4. The van der Waals surface area contributed by atoms with E-state index in [4.69, 9.17) is 28.1 Å². The zero-order chi connectivity index (χ0) is 73.7. The SMILES string of the molecule is COc1cc(N=Nc2ccc(N(C)CCCC(=O)NCc3cn(CCOCCOC(CC(=O)CCCCCCCNC(=O)c4ccc(-c5c6ccc(=[N+](C)C)cc-6oc6cc(N(C)C)ccc56)c(C(=O)[O-])c4)O[C@@H]4O[C@H](CO)[C@H](O)[C@H](O)[C@H]4O)nn3)cc2)c(C)cc1N=Nc1ccc([N+](=O)[O-])cc1. The van der Waals surface area contributed by atoms with Crippen LogP contribution in [-0.4, -0.2) is 183 Å². The maximum Gasteiger partial charge on any atom is 0.269 e. The van der Waals surface area contributed by atoms with Crippen molar-refractivity contribution in [1.82, 2.24) is 30.2 Å². The number of carbonyl (C=O) groups excluding carboxylic acids is 4. The number of aromatic nitrogens is 3. The molecule has 1 aliphatic carbocycles. The van der Waals surface area contributed by atoms with Crippen molar-refractivity contribution in [2.75, 3.05) is 91.7 Å². The van der Waals surface area contributed by atoms with Crippen LogP contribution in [-0.2, 0) is 41.6 Å². The molecule has 3 heterocycles. The van der Waals surface area contributed by atoms with Crippen molar-refractivity contribution in [3.63, 3.8) is 0 Å². The molecule has 1 fully saturated rings. The summed E-state index contributed by atoms with van der Waals surface area (Å²) in [5.74, 6) is -1.27. The van der Waals surface area contributed by atoms with E-state index < -0.39 is 60.4 Å². The minimum Gasteiger partial charge on any atom is -0.545 e. The lowest BCUT2D eigenvalue weighted by Crippen LogP contribution is -2.59. The van der Waals surface area contributed by atoms with Crippen LogP contribution in [0.4, 0.5) is 39.8 Å². The second-order valence-electron chi connectivity index (χ2n) is 25.2. The van der Waals surface area contributed by atoms with E-state index in [0.29, 0.717) is 113 Å². The Labute approximate surface area is 594 Å². The lowest BCUT2D eigenvalue weighted by molar-refractivity contribution is -0.384. The molecule has 1 unspecified atom stereocenters. The fourth-order valence-electron chi connectivity index (χ4n) is 11.4. The van der Waals surface area contributed by atoms with Crippen LogP contribution < -0.4 is 40.2 Å². The Hall–Kier alpha value is -10.3. The predicted molar refractivity (Wildman–Crippen MR) is 379 cm³/mol. The number of rotatable bonds is 37. The highest BCUT2D eigenvalue weighted by molar-refractivity contribution is 6.09. The monoisotopic (exact) mass is 1420 g/mol. The molecule has 0 bridgehead atoms. The van der Waals surface area contributed by atoms with E-state index in [2.05, 4.69) is 41.4 Å². The lowest BCUT2D eigenvalue weighted by atomic mass is 9.89. The number of nitrogens with one attached hydrogen (secondary N) is 2. The number of aliphatic hydroxyl groups excluding tert-OH is 4. The van der Waals surface area contributed by atoms with E-state index in [1.54, 1.807) is 35.1 Å². The summed E-state index contributed by atoms with van der Waals surface area (Å²) in [4.78, 5) is 66.9. The summed E-state index contributed by atoms with van der Waals surface area (Å²) in [5, 5.41) is 98.0. The standard InChI is InChI=1S/C73H87N13O17/c1-45-36-60(80-77-48-19-23-51(24-20-48)86(96)97)63(98-7)41-59(45)79-76-47-17-21-50(22-18-47)84(6)31-13-15-65(89)75-42-49-43-85(81-78-49)32-33-99-34-35-100-66(103-73-70(92)69(91)68(90)64(44-87)102-73)40-54(88)14-11-9-8-10-12-30-74-71(93)46-16-27-55(58(37-46)72(94)95)67-56-28-25-52(82(2)3)38-61(56)101-62-39-53(83(4)5)26-29-57(62)67/h16-29,36-39,41,43,64,66,68-70,73,87,90-92H,8-15,30-35,40,42,44H2,1-7H3,(H2-,74,75,89,93,94,95)/t64-,66?,68+,69+,70-,73+/m1/s1. The third kappa shape index (κ3) is 21.2. The molecule has 0 spiro atoms. The van der Waals surface area contributed by atoms with Gasteiger partial charge in [0.2, 0.25) is 11.3 Å². The molecule has 0 saturated carbocycles. The van der Waals surface area contributed by atoms with Gasteiger partial charge in [0, 0.05) is 116 Å². The third-order valence-electron chi connectivity index (χ3n) is 17.3. The Balaban J connectivity index is 0.663.